The first kappa shape index (κ1) is 17.1. The third-order valence-corrected chi connectivity index (χ3v) is 4.49. The van der Waals surface area contributed by atoms with Crippen LogP contribution in [0.2, 0.25) is 5.02 Å². The number of urea groups is 1. The van der Waals surface area contributed by atoms with Crippen LogP contribution in [-0.2, 0) is 0 Å². The number of carbonyl (C=O) groups is 1. The summed E-state index contributed by atoms with van der Waals surface area (Å²) in [6, 6.07) is 8.16. The molecule has 1 saturated carbocycles. The monoisotopic (exact) mass is 323 g/mol. The highest BCUT2D eigenvalue weighted by atomic mass is 35.5. The zero-order chi connectivity index (χ0) is 15.9. The van der Waals surface area contributed by atoms with Gasteiger partial charge in [0.1, 0.15) is 0 Å². The molecular weight excluding hydrogens is 298 g/mol. The normalized spacial score (nSPS) is 17.3. The average Bonchev–Trinajstić information content (AvgIpc) is 2.48. The number of benzene rings is 1. The van der Waals surface area contributed by atoms with Crippen LogP contribution in [0.25, 0.3) is 0 Å². The molecule has 1 aromatic rings. The van der Waals surface area contributed by atoms with Gasteiger partial charge >= 0.3 is 6.03 Å². The van der Waals surface area contributed by atoms with Gasteiger partial charge in [0.2, 0.25) is 0 Å². The Labute approximate surface area is 138 Å². The van der Waals surface area contributed by atoms with Gasteiger partial charge in [0, 0.05) is 17.6 Å². The van der Waals surface area contributed by atoms with Crippen molar-refractivity contribution in [3.63, 3.8) is 0 Å². The Bertz CT molecular complexity index is 487. The molecular formula is C17H26ClN3O. The van der Waals surface area contributed by atoms with E-state index in [1.54, 1.807) is 0 Å². The summed E-state index contributed by atoms with van der Waals surface area (Å²) in [6.07, 6.45) is 5.91. The number of hydrogen-bond acceptors (Lipinski definition) is 2. The fourth-order valence-electron chi connectivity index (χ4n) is 2.99. The lowest BCUT2D eigenvalue weighted by molar-refractivity contribution is 0.225. The van der Waals surface area contributed by atoms with Gasteiger partial charge in [-0.25, -0.2) is 4.79 Å². The van der Waals surface area contributed by atoms with Crippen LogP contribution in [0.15, 0.2) is 24.3 Å². The van der Waals surface area contributed by atoms with Crippen molar-refractivity contribution in [2.45, 2.75) is 44.2 Å². The van der Waals surface area contributed by atoms with Gasteiger partial charge in [-0.05, 0) is 44.6 Å². The van der Waals surface area contributed by atoms with Crippen molar-refractivity contribution in [3.8, 4) is 0 Å². The summed E-state index contributed by atoms with van der Waals surface area (Å²) in [5.74, 6) is 0. The first-order chi connectivity index (χ1) is 10.6. The molecule has 2 amide bonds. The van der Waals surface area contributed by atoms with Crippen molar-refractivity contribution in [2.75, 3.05) is 20.6 Å². The van der Waals surface area contributed by atoms with E-state index in [1.807, 2.05) is 38.4 Å². The molecule has 122 valence electrons. The molecule has 5 heteroatoms. The molecule has 0 aromatic heterocycles. The summed E-state index contributed by atoms with van der Waals surface area (Å²) in [6.45, 7) is 0.561. The summed E-state index contributed by atoms with van der Waals surface area (Å²) in [5, 5.41) is 6.79. The molecule has 0 aliphatic heterocycles. The predicted octanol–water partition coefficient (Wildman–Crippen LogP) is 3.57. The zero-order valence-corrected chi connectivity index (χ0v) is 14.2. The van der Waals surface area contributed by atoms with E-state index < -0.39 is 0 Å². The van der Waals surface area contributed by atoms with Crippen LogP contribution < -0.4 is 10.6 Å². The Hall–Kier alpha value is -1.26. The molecule has 0 spiro atoms. The third-order valence-electron chi connectivity index (χ3n) is 4.25. The van der Waals surface area contributed by atoms with E-state index in [9.17, 15) is 4.79 Å². The quantitative estimate of drug-likeness (QED) is 0.870. The van der Waals surface area contributed by atoms with Gasteiger partial charge in [0.05, 0.1) is 6.04 Å². The van der Waals surface area contributed by atoms with Gasteiger partial charge in [-0.3, -0.25) is 0 Å². The third kappa shape index (κ3) is 5.18. The molecule has 1 atom stereocenters. The van der Waals surface area contributed by atoms with E-state index in [0.29, 0.717) is 12.6 Å². The lowest BCUT2D eigenvalue weighted by Gasteiger charge is -2.27. The number of nitrogens with one attached hydrogen (secondary N) is 2. The van der Waals surface area contributed by atoms with Crippen LogP contribution >= 0.6 is 11.6 Å². The molecule has 2 N–H and O–H groups in total. The number of nitrogens with zero attached hydrogens (tertiary/aromatic N) is 1. The molecule has 0 saturated heterocycles. The molecule has 2 rings (SSSR count). The molecule has 0 heterocycles. The van der Waals surface area contributed by atoms with Crippen molar-refractivity contribution >= 4 is 17.6 Å². The molecule has 22 heavy (non-hydrogen) atoms. The number of rotatable bonds is 5. The molecule has 0 bridgehead atoms. The maximum atomic E-state index is 12.1. The SMILES string of the molecule is CN(C)C(CNC(=O)NC1CCCCC1)c1cccc(Cl)c1. The van der Waals surface area contributed by atoms with Gasteiger partial charge < -0.3 is 15.5 Å². The number of amides is 2. The average molecular weight is 324 g/mol. The second kappa shape index (κ2) is 8.39. The summed E-state index contributed by atoms with van der Waals surface area (Å²) in [4.78, 5) is 14.2. The minimum Gasteiger partial charge on any atom is -0.336 e. The lowest BCUT2D eigenvalue weighted by Crippen LogP contribution is -2.45. The number of likely N-dealkylation sites (N-methyl/N-ethyl adjacent to an activating group) is 1. The second-order valence-electron chi connectivity index (χ2n) is 6.22. The number of hydrogen-bond donors (Lipinski definition) is 2. The molecule has 1 aliphatic carbocycles. The van der Waals surface area contributed by atoms with E-state index in [1.165, 1.54) is 19.3 Å². The predicted molar refractivity (Wildman–Crippen MR) is 91.3 cm³/mol. The highest BCUT2D eigenvalue weighted by molar-refractivity contribution is 6.30. The Morgan fingerprint density at radius 1 is 1.32 bits per heavy atom. The topological polar surface area (TPSA) is 44.4 Å². The van der Waals surface area contributed by atoms with Crippen LogP contribution in [0.1, 0.15) is 43.7 Å². The largest absolute Gasteiger partial charge is 0.336 e. The maximum Gasteiger partial charge on any atom is 0.315 e. The summed E-state index contributed by atoms with van der Waals surface area (Å²) < 4.78 is 0. The van der Waals surface area contributed by atoms with Crippen molar-refractivity contribution in [1.29, 1.82) is 0 Å². The smallest absolute Gasteiger partial charge is 0.315 e. The number of halogens is 1. The van der Waals surface area contributed by atoms with Gasteiger partial charge in [-0.1, -0.05) is 43.0 Å². The van der Waals surface area contributed by atoms with Crippen molar-refractivity contribution in [1.82, 2.24) is 15.5 Å². The summed E-state index contributed by atoms with van der Waals surface area (Å²) in [5.41, 5.74) is 1.11. The Kier molecular flexibility index (Phi) is 6.52. The fraction of sp³-hybridized carbons (Fsp3) is 0.588. The first-order valence-electron chi connectivity index (χ1n) is 8.02. The zero-order valence-electron chi connectivity index (χ0n) is 13.4. The summed E-state index contributed by atoms with van der Waals surface area (Å²) >= 11 is 6.07. The molecule has 1 unspecified atom stereocenters. The van der Waals surface area contributed by atoms with Crippen LogP contribution in [0.5, 0.6) is 0 Å². The van der Waals surface area contributed by atoms with E-state index >= 15 is 0 Å². The lowest BCUT2D eigenvalue weighted by atomic mass is 9.96. The van der Waals surface area contributed by atoms with Crippen molar-refractivity contribution in [3.05, 3.63) is 34.9 Å². The molecule has 1 aromatic carbocycles. The molecule has 1 aliphatic rings. The van der Waals surface area contributed by atoms with Crippen LogP contribution in [0, 0.1) is 0 Å². The van der Waals surface area contributed by atoms with E-state index in [0.717, 1.165) is 23.4 Å². The Morgan fingerprint density at radius 3 is 2.68 bits per heavy atom. The van der Waals surface area contributed by atoms with E-state index in [2.05, 4.69) is 15.5 Å². The summed E-state index contributed by atoms with van der Waals surface area (Å²) in [7, 11) is 4.01. The highest BCUT2D eigenvalue weighted by Crippen LogP contribution is 2.21. The van der Waals surface area contributed by atoms with Gasteiger partial charge in [-0.15, -0.1) is 0 Å². The second-order valence-corrected chi connectivity index (χ2v) is 6.66. The van der Waals surface area contributed by atoms with Gasteiger partial charge in [0.15, 0.2) is 0 Å². The van der Waals surface area contributed by atoms with Crippen molar-refractivity contribution < 1.29 is 4.79 Å². The Morgan fingerprint density at radius 2 is 2.05 bits per heavy atom. The van der Waals surface area contributed by atoms with Crippen molar-refractivity contribution in [2.24, 2.45) is 0 Å². The molecule has 1 fully saturated rings. The fourth-order valence-corrected chi connectivity index (χ4v) is 3.18. The van der Waals surface area contributed by atoms with Gasteiger partial charge in [-0.2, -0.15) is 0 Å². The molecule has 4 nitrogen and oxygen atoms in total. The minimum absolute atomic E-state index is 0.0687. The highest BCUT2D eigenvalue weighted by Gasteiger charge is 2.18. The number of carbonyl (C=O) groups excluding carboxylic acids is 1. The Balaban J connectivity index is 1.87. The maximum absolute atomic E-state index is 12.1. The van der Waals surface area contributed by atoms with Crippen LogP contribution in [0.4, 0.5) is 4.79 Å². The van der Waals surface area contributed by atoms with E-state index in [4.69, 9.17) is 11.6 Å². The van der Waals surface area contributed by atoms with Gasteiger partial charge in [0.25, 0.3) is 0 Å². The minimum atomic E-state index is -0.0687. The van der Waals surface area contributed by atoms with Crippen LogP contribution in [0.3, 0.4) is 0 Å². The van der Waals surface area contributed by atoms with Crippen LogP contribution in [-0.4, -0.2) is 37.6 Å². The molecule has 0 radical (unpaired) electrons. The van der Waals surface area contributed by atoms with E-state index in [-0.39, 0.29) is 12.1 Å². The first-order valence-corrected chi connectivity index (χ1v) is 8.40. The standard InChI is InChI=1S/C17H26ClN3O/c1-21(2)16(13-7-6-8-14(18)11-13)12-19-17(22)20-15-9-4-3-5-10-15/h6-8,11,15-16H,3-5,9-10,12H2,1-2H3,(H2,19,20,22).